The number of amides is 1. The van der Waals surface area contributed by atoms with Gasteiger partial charge >= 0.3 is 5.97 Å². The first-order valence-corrected chi connectivity index (χ1v) is 9.08. The van der Waals surface area contributed by atoms with E-state index in [0.29, 0.717) is 30.2 Å². The zero-order valence-electron chi connectivity index (χ0n) is 15.5. The van der Waals surface area contributed by atoms with Crippen molar-refractivity contribution in [1.82, 2.24) is 4.90 Å². The molecule has 0 saturated carbocycles. The molecule has 6 nitrogen and oxygen atoms in total. The predicted molar refractivity (Wildman–Crippen MR) is 97.4 cm³/mol. The molecule has 0 bridgehead atoms. The third-order valence-corrected chi connectivity index (χ3v) is 4.94. The number of hydrogen-bond donors (Lipinski definition) is 0. The Bertz CT molecular complexity index is 810. The molecule has 2 aromatic rings. The Morgan fingerprint density at radius 1 is 1.31 bits per heavy atom. The summed E-state index contributed by atoms with van der Waals surface area (Å²) in [5, 5.41) is 0.896. The molecule has 1 saturated heterocycles. The Hall–Kier alpha value is -2.50. The van der Waals surface area contributed by atoms with E-state index >= 15 is 0 Å². The molecule has 26 heavy (non-hydrogen) atoms. The number of nitrogens with zero attached hydrogens (tertiary/aromatic N) is 1. The molecule has 1 aliphatic rings. The molecule has 1 aromatic carbocycles. The van der Waals surface area contributed by atoms with Crippen molar-refractivity contribution in [3.8, 4) is 5.75 Å². The molecule has 0 spiro atoms. The van der Waals surface area contributed by atoms with Crippen LogP contribution in [0.3, 0.4) is 0 Å². The average Bonchev–Trinajstić information content (AvgIpc) is 2.98. The minimum atomic E-state index is -0.261. The number of methoxy groups -OCH3 is 1. The summed E-state index contributed by atoms with van der Waals surface area (Å²) in [6, 6.07) is 5.39. The van der Waals surface area contributed by atoms with Crippen molar-refractivity contribution in [2.45, 2.75) is 45.6 Å². The van der Waals surface area contributed by atoms with Crippen LogP contribution in [0.25, 0.3) is 11.0 Å². The second kappa shape index (κ2) is 7.81. The molecule has 1 atom stereocenters. The highest BCUT2D eigenvalue weighted by molar-refractivity contribution is 5.99. The molecule has 1 aliphatic heterocycles. The third kappa shape index (κ3) is 3.54. The number of esters is 1. The lowest BCUT2D eigenvalue weighted by Gasteiger charge is -2.34. The molecule has 0 unspecified atom stereocenters. The number of carbonyl (C=O) groups is 2. The van der Waals surface area contributed by atoms with Gasteiger partial charge < -0.3 is 18.8 Å². The second-order valence-corrected chi connectivity index (χ2v) is 6.58. The van der Waals surface area contributed by atoms with E-state index in [-0.39, 0.29) is 24.3 Å². The fraction of sp³-hybridized carbons (Fsp3) is 0.500. The van der Waals surface area contributed by atoms with E-state index in [1.165, 1.54) is 0 Å². The summed E-state index contributed by atoms with van der Waals surface area (Å²) >= 11 is 0. The van der Waals surface area contributed by atoms with Crippen LogP contribution in [-0.2, 0) is 9.53 Å². The number of ether oxygens (including phenoxy) is 2. The lowest BCUT2D eigenvalue weighted by atomic mass is 9.98. The van der Waals surface area contributed by atoms with Crippen LogP contribution in [0.4, 0.5) is 0 Å². The Labute approximate surface area is 153 Å². The molecule has 0 radical (unpaired) electrons. The fourth-order valence-electron chi connectivity index (χ4n) is 3.56. The first-order chi connectivity index (χ1) is 12.5. The maximum absolute atomic E-state index is 13.1. The number of likely N-dealkylation sites (tertiary alicyclic amines) is 1. The van der Waals surface area contributed by atoms with Crippen LogP contribution in [0.15, 0.2) is 22.6 Å². The molecule has 3 rings (SSSR count). The highest BCUT2D eigenvalue weighted by Gasteiger charge is 2.32. The third-order valence-electron chi connectivity index (χ3n) is 4.94. The van der Waals surface area contributed by atoms with Gasteiger partial charge in [-0.05, 0) is 45.2 Å². The van der Waals surface area contributed by atoms with Crippen molar-refractivity contribution in [3.63, 3.8) is 0 Å². The van der Waals surface area contributed by atoms with Crippen LogP contribution < -0.4 is 4.74 Å². The number of hydrogen-bond acceptors (Lipinski definition) is 5. The lowest BCUT2D eigenvalue weighted by molar-refractivity contribution is -0.144. The lowest BCUT2D eigenvalue weighted by Crippen LogP contribution is -2.45. The molecular weight excluding hydrogens is 334 g/mol. The van der Waals surface area contributed by atoms with E-state index in [1.807, 2.05) is 19.1 Å². The molecule has 2 heterocycles. The minimum Gasteiger partial charge on any atom is -0.497 e. The summed E-state index contributed by atoms with van der Waals surface area (Å²) < 4.78 is 16.2. The van der Waals surface area contributed by atoms with E-state index in [9.17, 15) is 9.59 Å². The minimum absolute atomic E-state index is 0.141. The molecule has 1 fully saturated rings. The fourth-order valence-corrected chi connectivity index (χ4v) is 3.56. The normalized spacial score (nSPS) is 17.3. The number of piperidine rings is 1. The van der Waals surface area contributed by atoms with Crippen LogP contribution >= 0.6 is 0 Å². The van der Waals surface area contributed by atoms with Gasteiger partial charge in [0.15, 0.2) is 5.76 Å². The van der Waals surface area contributed by atoms with Gasteiger partial charge in [-0.2, -0.15) is 0 Å². The number of carbonyl (C=O) groups excluding carboxylic acids is 2. The maximum atomic E-state index is 13.1. The van der Waals surface area contributed by atoms with E-state index in [0.717, 1.165) is 30.2 Å². The van der Waals surface area contributed by atoms with Crippen LogP contribution in [0.2, 0.25) is 0 Å². The first-order valence-electron chi connectivity index (χ1n) is 9.08. The van der Waals surface area contributed by atoms with Gasteiger partial charge in [-0.15, -0.1) is 0 Å². The van der Waals surface area contributed by atoms with Crippen LogP contribution in [0.1, 0.15) is 48.7 Å². The van der Waals surface area contributed by atoms with Crippen molar-refractivity contribution in [2.75, 3.05) is 20.3 Å². The van der Waals surface area contributed by atoms with Gasteiger partial charge in [0.25, 0.3) is 5.91 Å². The van der Waals surface area contributed by atoms with Gasteiger partial charge in [0, 0.05) is 29.6 Å². The quantitative estimate of drug-likeness (QED) is 0.762. The van der Waals surface area contributed by atoms with Crippen LogP contribution in [-0.4, -0.2) is 43.1 Å². The second-order valence-electron chi connectivity index (χ2n) is 6.58. The van der Waals surface area contributed by atoms with Crippen molar-refractivity contribution in [3.05, 3.63) is 29.5 Å². The van der Waals surface area contributed by atoms with E-state index in [2.05, 4.69) is 0 Å². The largest absolute Gasteiger partial charge is 0.497 e. The number of benzene rings is 1. The van der Waals surface area contributed by atoms with Gasteiger partial charge in [0.2, 0.25) is 0 Å². The topological polar surface area (TPSA) is 69.0 Å². The zero-order valence-corrected chi connectivity index (χ0v) is 15.5. The zero-order chi connectivity index (χ0) is 18.7. The molecule has 140 valence electrons. The Balaban J connectivity index is 1.87. The van der Waals surface area contributed by atoms with E-state index in [4.69, 9.17) is 13.9 Å². The van der Waals surface area contributed by atoms with Crippen molar-refractivity contribution < 1.29 is 23.5 Å². The smallest absolute Gasteiger partial charge is 0.307 e. The standard InChI is InChI=1S/C20H25NO5/c1-4-25-18(22)11-14-7-5-6-10-21(14)20(23)19-13(2)16-9-8-15(24-3)12-17(16)26-19/h8-9,12,14H,4-7,10-11H2,1-3H3/t14-/m0/s1. The summed E-state index contributed by atoms with van der Waals surface area (Å²) in [7, 11) is 1.59. The average molecular weight is 359 g/mol. The Morgan fingerprint density at radius 2 is 2.12 bits per heavy atom. The molecule has 1 aromatic heterocycles. The van der Waals surface area contributed by atoms with Crippen LogP contribution in [0, 0.1) is 6.92 Å². The van der Waals surface area contributed by atoms with Crippen molar-refractivity contribution in [1.29, 1.82) is 0 Å². The molecule has 6 heteroatoms. The summed E-state index contributed by atoms with van der Waals surface area (Å²) in [6.07, 6.45) is 2.96. The summed E-state index contributed by atoms with van der Waals surface area (Å²) in [5.74, 6) is 0.599. The van der Waals surface area contributed by atoms with Crippen molar-refractivity contribution in [2.24, 2.45) is 0 Å². The van der Waals surface area contributed by atoms with Gasteiger partial charge in [0.05, 0.1) is 20.1 Å². The predicted octanol–water partition coefficient (Wildman–Crippen LogP) is 3.70. The van der Waals surface area contributed by atoms with E-state index < -0.39 is 0 Å². The van der Waals surface area contributed by atoms with Gasteiger partial charge in [-0.1, -0.05) is 0 Å². The number of aryl methyl sites for hydroxylation is 1. The monoisotopic (exact) mass is 359 g/mol. The maximum Gasteiger partial charge on any atom is 0.307 e. The SMILES string of the molecule is CCOC(=O)C[C@@H]1CCCCN1C(=O)c1oc2cc(OC)ccc2c1C. The van der Waals surface area contributed by atoms with Gasteiger partial charge in [-0.25, -0.2) is 0 Å². The summed E-state index contributed by atoms with van der Waals surface area (Å²) in [6.45, 7) is 4.65. The summed E-state index contributed by atoms with van der Waals surface area (Å²) in [5.41, 5.74) is 1.44. The first kappa shape index (κ1) is 18.3. The highest BCUT2D eigenvalue weighted by atomic mass is 16.5. The number of furan rings is 1. The molecule has 0 N–H and O–H groups in total. The van der Waals surface area contributed by atoms with E-state index in [1.54, 1.807) is 25.0 Å². The molecular formula is C20H25NO5. The van der Waals surface area contributed by atoms with Crippen LogP contribution in [0.5, 0.6) is 5.75 Å². The van der Waals surface area contributed by atoms with Crippen molar-refractivity contribution >= 4 is 22.8 Å². The summed E-state index contributed by atoms with van der Waals surface area (Å²) in [4.78, 5) is 26.8. The Morgan fingerprint density at radius 3 is 2.85 bits per heavy atom. The molecule has 0 aliphatic carbocycles. The van der Waals surface area contributed by atoms with Gasteiger partial charge in [-0.3, -0.25) is 9.59 Å². The highest BCUT2D eigenvalue weighted by Crippen LogP contribution is 2.31. The van der Waals surface area contributed by atoms with Gasteiger partial charge in [0.1, 0.15) is 11.3 Å². The number of rotatable bonds is 5. The number of fused-ring (bicyclic) bond motifs is 1. The molecule has 1 amide bonds. The Kier molecular flexibility index (Phi) is 5.49.